The zero-order valence-electron chi connectivity index (χ0n) is 12.8. The number of thiazole rings is 1. The van der Waals surface area contributed by atoms with E-state index < -0.39 is 0 Å². The Kier molecular flexibility index (Phi) is 3.95. The van der Waals surface area contributed by atoms with Crippen molar-refractivity contribution >= 4 is 34.1 Å². The van der Waals surface area contributed by atoms with Crippen LogP contribution in [0.1, 0.15) is 37.1 Å². The summed E-state index contributed by atoms with van der Waals surface area (Å²) < 4.78 is 0. The molecule has 2 N–H and O–H groups in total. The lowest BCUT2D eigenvalue weighted by atomic mass is 9.94. The lowest BCUT2D eigenvalue weighted by Crippen LogP contribution is -2.38. The lowest BCUT2D eigenvalue weighted by molar-refractivity contribution is 0.241. The van der Waals surface area contributed by atoms with Gasteiger partial charge in [-0.15, -0.1) is 22.7 Å². The number of hydrogen-bond donors (Lipinski definition) is 2. The number of aromatic nitrogens is 1. The van der Waals surface area contributed by atoms with Gasteiger partial charge in [-0.3, -0.25) is 5.41 Å². The van der Waals surface area contributed by atoms with Crippen LogP contribution in [0.5, 0.6) is 0 Å². The number of aliphatic hydroxyl groups excluding tert-OH is 1. The Bertz CT molecular complexity index is 742. The molecule has 1 saturated carbocycles. The van der Waals surface area contributed by atoms with Crippen LogP contribution in [0.25, 0.3) is 16.1 Å². The number of rotatable bonds is 3. The summed E-state index contributed by atoms with van der Waals surface area (Å²) >= 11 is 3.17. The third kappa shape index (κ3) is 2.70. The van der Waals surface area contributed by atoms with Gasteiger partial charge < -0.3 is 10.0 Å². The van der Waals surface area contributed by atoms with Gasteiger partial charge in [0.2, 0.25) is 0 Å². The zero-order valence-corrected chi connectivity index (χ0v) is 14.4. The summed E-state index contributed by atoms with van der Waals surface area (Å²) in [4.78, 5) is 7.85. The Labute approximate surface area is 143 Å². The SMILES string of the molecule is N=C1C(c2nc(-c3cccs3)cs2)=C(O)CN1C1CCCCC1. The van der Waals surface area contributed by atoms with Crippen molar-refractivity contribution in [1.82, 2.24) is 9.88 Å². The molecule has 0 amide bonds. The Morgan fingerprint density at radius 2 is 2.04 bits per heavy atom. The fourth-order valence-corrected chi connectivity index (χ4v) is 5.10. The molecule has 1 aliphatic carbocycles. The first kappa shape index (κ1) is 14.9. The molecule has 6 heteroatoms. The first-order chi connectivity index (χ1) is 11.2. The average Bonchev–Trinajstić information content (AvgIpc) is 3.28. The van der Waals surface area contributed by atoms with Crippen LogP contribution < -0.4 is 0 Å². The first-order valence-electron chi connectivity index (χ1n) is 8.01. The molecule has 3 heterocycles. The molecule has 4 rings (SSSR count). The molecule has 0 saturated heterocycles. The highest BCUT2D eigenvalue weighted by Crippen LogP contribution is 2.36. The smallest absolute Gasteiger partial charge is 0.135 e. The quantitative estimate of drug-likeness (QED) is 0.842. The topological polar surface area (TPSA) is 60.2 Å². The molecule has 120 valence electrons. The predicted molar refractivity (Wildman–Crippen MR) is 96.3 cm³/mol. The van der Waals surface area contributed by atoms with Gasteiger partial charge in [0.05, 0.1) is 22.7 Å². The Morgan fingerprint density at radius 3 is 2.78 bits per heavy atom. The first-order valence-corrected chi connectivity index (χ1v) is 9.77. The van der Waals surface area contributed by atoms with Crippen LogP contribution in [0, 0.1) is 5.41 Å². The molecule has 1 fully saturated rings. The van der Waals surface area contributed by atoms with E-state index in [1.165, 1.54) is 30.6 Å². The second-order valence-corrected chi connectivity index (χ2v) is 7.91. The van der Waals surface area contributed by atoms with E-state index in [0.717, 1.165) is 28.4 Å². The van der Waals surface area contributed by atoms with Gasteiger partial charge in [-0.25, -0.2) is 4.98 Å². The summed E-state index contributed by atoms with van der Waals surface area (Å²) in [7, 11) is 0. The number of aliphatic hydroxyl groups is 1. The normalized spacial score (nSPS) is 19.8. The molecule has 2 aliphatic rings. The number of amidine groups is 1. The maximum absolute atomic E-state index is 10.4. The third-order valence-corrected chi connectivity index (χ3v) is 6.39. The summed E-state index contributed by atoms with van der Waals surface area (Å²) in [6, 6.07) is 4.46. The minimum atomic E-state index is 0.299. The van der Waals surface area contributed by atoms with Gasteiger partial charge in [-0.05, 0) is 24.3 Å². The standard InChI is InChI=1S/C17H19N3OS2/c18-16-15(13(21)9-20(16)11-5-2-1-3-6-11)17-19-12(10-23-17)14-7-4-8-22-14/h4,7-8,10-11,18,21H,1-3,5-6,9H2. The van der Waals surface area contributed by atoms with Crippen molar-refractivity contribution in [2.75, 3.05) is 6.54 Å². The van der Waals surface area contributed by atoms with Crippen LogP contribution in [0.2, 0.25) is 0 Å². The molecular formula is C17H19N3OS2. The summed E-state index contributed by atoms with van der Waals surface area (Å²) in [5.41, 5.74) is 1.56. The van der Waals surface area contributed by atoms with Crippen LogP contribution >= 0.6 is 22.7 Å². The number of nitrogens with one attached hydrogen (secondary N) is 1. The Balaban J connectivity index is 1.59. The Hall–Kier alpha value is -1.66. The largest absolute Gasteiger partial charge is 0.510 e. The molecule has 0 atom stereocenters. The van der Waals surface area contributed by atoms with E-state index in [9.17, 15) is 5.11 Å². The minimum absolute atomic E-state index is 0.299. The highest BCUT2D eigenvalue weighted by Gasteiger charge is 2.34. The van der Waals surface area contributed by atoms with Crippen LogP contribution in [0.15, 0.2) is 28.7 Å². The second kappa shape index (κ2) is 6.09. The van der Waals surface area contributed by atoms with Gasteiger partial charge in [0, 0.05) is 11.4 Å². The summed E-state index contributed by atoms with van der Waals surface area (Å²) in [6.07, 6.45) is 6.00. The van der Waals surface area contributed by atoms with Gasteiger partial charge in [-0.1, -0.05) is 25.3 Å². The maximum Gasteiger partial charge on any atom is 0.135 e. The number of nitrogens with zero attached hydrogens (tertiary/aromatic N) is 2. The molecule has 2 aromatic heterocycles. The van der Waals surface area contributed by atoms with E-state index in [0.29, 0.717) is 29.8 Å². The van der Waals surface area contributed by atoms with Crippen molar-refractivity contribution < 1.29 is 5.11 Å². The van der Waals surface area contributed by atoms with Crippen molar-refractivity contribution in [3.63, 3.8) is 0 Å². The van der Waals surface area contributed by atoms with Crippen molar-refractivity contribution in [3.8, 4) is 10.6 Å². The second-order valence-electron chi connectivity index (χ2n) is 6.11. The van der Waals surface area contributed by atoms with Crippen molar-refractivity contribution in [2.24, 2.45) is 0 Å². The molecule has 0 unspecified atom stereocenters. The van der Waals surface area contributed by atoms with E-state index in [1.807, 2.05) is 22.9 Å². The summed E-state index contributed by atoms with van der Waals surface area (Å²) in [6.45, 7) is 0.465. The van der Waals surface area contributed by atoms with Gasteiger partial charge in [0.25, 0.3) is 0 Å². The molecule has 0 radical (unpaired) electrons. The zero-order chi connectivity index (χ0) is 15.8. The average molecular weight is 345 g/mol. The van der Waals surface area contributed by atoms with Crippen LogP contribution in [-0.2, 0) is 0 Å². The highest BCUT2D eigenvalue weighted by molar-refractivity contribution is 7.14. The third-order valence-electron chi connectivity index (χ3n) is 4.64. The maximum atomic E-state index is 10.4. The van der Waals surface area contributed by atoms with E-state index >= 15 is 0 Å². The van der Waals surface area contributed by atoms with E-state index in [2.05, 4.69) is 9.88 Å². The molecule has 1 aliphatic heterocycles. The predicted octanol–water partition coefficient (Wildman–Crippen LogP) is 4.77. The molecule has 0 aromatic carbocycles. The molecule has 0 spiro atoms. The molecular weight excluding hydrogens is 326 g/mol. The summed E-state index contributed by atoms with van der Waals surface area (Å²) in [5.74, 6) is 0.745. The fourth-order valence-electron chi connectivity index (χ4n) is 3.45. The van der Waals surface area contributed by atoms with Crippen LogP contribution in [-0.4, -0.2) is 33.4 Å². The number of hydrogen-bond acceptors (Lipinski definition) is 5. The van der Waals surface area contributed by atoms with Gasteiger partial charge in [0.1, 0.15) is 16.6 Å². The number of thiophene rings is 1. The van der Waals surface area contributed by atoms with Gasteiger partial charge >= 0.3 is 0 Å². The van der Waals surface area contributed by atoms with Crippen LogP contribution in [0.3, 0.4) is 0 Å². The minimum Gasteiger partial charge on any atom is -0.510 e. The van der Waals surface area contributed by atoms with Crippen LogP contribution in [0.4, 0.5) is 0 Å². The van der Waals surface area contributed by atoms with E-state index in [-0.39, 0.29) is 0 Å². The van der Waals surface area contributed by atoms with Gasteiger partial charge in [-0.2, -0.15) is 0 Å². The summed E-state index contributed by atoms with van der Waals surface area (Å²) in [5, 5.41) is 23.8. The molecule has 0 bridgehead atoms. The highest BCUT2D eigenvalue weighted by atomic mass is 32.1. The van der Waals surface area contributed by atoms with Crippen molar-refractivity contribution in [1.29, 1.82) is 5.41 Å². The van der Waals surface area contributed by atoms with Crippen molar-refractivity contribution in [3.05, 3.63) is 33.7 Å². The van der Waals surface area contributed by atoms with Crippen molar-refractivity contribution in [2.45, 2.75) is 38.1 Å². The lowest BCUT2D eigenvalue weighted by Gasteiger charge is -2.32. The monoisotopic (exact) mass is 345 g/mol. The Morgan fingerprint density at radius 1 is 1.22 bits per heavy atom. The molecule has 4 nitrogen and oxygen atoms in total. The van der Waals surface area contributed by atoms with Gasteiger partial charge in [0.15, 0.2) is 0 Å². The fraction of sp³-hybridized carbons (Fsp3) is 0.412. The van der Waals surface area contributed by atoms with E-state index in [1.54, 1.807) is 11.3 Å². The molecule has 2 aromatic rings. The van der Waals surface area contributed by atoms with E-state index in [4.69, 9.17) is 5.41 Å². The molecule has 23 heavy (non-hydrogen) atoms.